The van der Waals surface area contributed by atoms with Gasteiger partial charge in [0.05, 0.1) is 0 Å². The van der Waals surface area contributed by atoms with E-state index in [0.29, 0.717) is 18.2 Å². The van der Waals surface area contributed by atoms with Crippen LogP contribution in [0, 0.1) is 0 Å². The lowest BCUT2D eigenvalue weighted by Gasteiger charge is -2.31. The molecule has 0 spiro atoms. The molecule has 1 saturated heterocycles. The van der Waals surface area contributed by atoms with E-state index < -0.39 is 5.97 Å². The Morgan fingerprint density at radius 3 is 2.89 bits per heavy atom. The molecule has 0 bridgehead atoms. The average Bonchev–Trinajstić information content (AvgIpc) is 2.37. The Morgan fingerprint density at radius 2 is 2.22 bits per heavy atom. The third-order valence-electron chi connectivity index (χ3n) is 2.97. The number of unbranched alkanes of at least 4 members (excludes halogenated alkanes) is 1. The third kappa shape index (κ3) is 5.62. The summed E-state index contributed by atoms with van der Waals surface area (Å²) >= 11 is 1.93. The van der Waals surface area contributed by atoms with Gasteiger partial charge in [-0.05, 0) is 19.3 Å². The Bertz CT molecular complexity index is 286. The van der Waals surface area contributed by atoms with Crippen molar-refractivity contribution in [2.75, 3.05) is 25.4 Å². The van der Waals surface area contributed by atoms with Crippen molar-refractivity contribution in [3.63, 3.8) is 0 Å². The van der Waals surface area contributed by atoms with E-state index in [0.717, 1.165) is 31.7 Å². The average molecular weight is 274 g/mol. The Kier molecular flexibility index (Phi) is 6.93. The van der Waals surface area contributed by atoms with E-state index in [9.17, 15) is 9.59 Å². The summed E-state index contributed by atoms with van der Waals surface area (Å²) in [6.45, 7) is 4.34. The number of nitrogens with zero attached hydrogens (tertiary/aromatic N) is 1. The normalized spacial score (nSPS) is 19.6. The maximum absolute atomic E-state index is 11.8. The fraction of sp³-hybridized carbons (Fsp3) is 0.833. The molecule has 6 heteroatoms. The number of aliphatic carboxylic acids is 1. The van der Waals surface area contributed by atoms with Crippen LogP contribution in [0.4, 0.5) is 4.79 Å². The van der Waals surface area contributed by atoms with E-state index in [1.54, 1.807) is 0 Å². The Morgan fingerprint density at radius 1 is 1.44 bits per heavy atom. The molecule has 0 aromatic heterocycles. The Hall–Kier alpha value is -0.910. The minimum atomic E-state index is -0.778. The number of carbonyl (C=O) groups is 2. The minimum absolute atomic E-state index is 0.0101. The molecule has 1 aliphatic heterocycles. The SMILES string of the molecule is CCC1CN(C(=O)NCCCCC(=O)O)CCS1. The second-order valence-corrected chi connectivity index (χ2v) is 5.84. The highest BCUT2D eigenvalue weighted by molar-refractivity contribution is 8.00. The lowest BCUT2D eigenvalue weighted by atomic mass is 10.2. The topological polar surface area (TPSA) is 69.6 Å². The van der Waals surface area contributed by atoms with E-state index in [1.165, 1.54) is 0 Å². The molecule has 18 heavy (non-hydrogen) atoms. The molecule has 1 atom stereocenters. The van der Waals surface area contributed by atoms with Gasteiger partial charge in [-0.1, -0.05) is 6.92 Å². The van der Waals surface area contributed by atoms with E-state index in [2.05, 4.69) is 12.2 Å². The molecule has 1 fully saturated rings. The van der Waals surface area contributed by atoms with Crippen molar-refractivity contribution >= 4 is 23.8 Å². The first-order chi connectivity index (χ1) is 8.63. The Balaban J connectivity index is 2.14. The van der Waals surface area contributed by atoms with Crippen molar-refractivity contribution in [2.24, 2.45) is 0 Å². The Labute approximate surface area is 112 Å². The molecule has 2 N–H and O–H groups in total. The highest BCUT2D eigenvalue weighted by Gasteiger charge is 2.22. The molecule has 2 amide bonds. The highest BCUT2D eigenvalue weighted by Crippen LogP contribution is 2.20. The van der Waals surface area contributed by atoms with Crippen molar-refractivity contribution in [1.29, 1.82) is 0 Å². The van der Waals surface area contributed by atoms with Gasteiger partial charge in [0.2, 0.25) is 0 Å². The monoisotopic (exact) mass is 274 g/mol. The molecule has 104 valence electrons. The number of carboxylic acids is 1. The first-order valence-corrected chi connectivity index (χ1v) is 7.54. The summed E-state index contributed by atoms with van der Waals surface area (Å²) in [6, 6.07) is -0.0101. The molecule has 1 aliphatic rings. The first kappa shape index (κ1) is 15.1. The molecule has 0 aromatic rings. The van der Waals surface area contributed by atoms with Crippen LogP contribution in [0.25, 0.3) is 0 Å². The van der Waals surface area contributed by atoms with Crippen molar-refractivity contribution in [3.8, 4) is 0 Å². The summed E-state index contributed by atoms with van der Waals surface area (Å²) in [5, 5.41) is 11.9. The van der Waals surface area contributed by atoms with Crippen molar-refractivity contribution in [2.45, 2.75) is 37.9 Å². The van der Waals surface area contributed by atoms with Crippen LogP contribution in [0.3, 0.4) is 0 Å². The zero-order chi connectivity index (χ0) is 13.4. The largest absolute Gasteiger partial charge is 0.481 e. The molecular weight excluding hydrogens is 252 g/mol. The molecule has 0 saturated carbocycles. The van der Waals surface area contributed by atoms with Crippen molar-refractivity contribution in [1.82, 2.24) is 10.2 Å². The summed E-state index contributed by atoms with van der Waals surface area (Å²) in [6.07, 6.45) is 2.60. The van der Waals surface area contributed by atoms with Crippen LogP contribution in [0.1, 0.15) is 32.6 Å². The summed E-state index contributed by atoms with van der Waals surface area (Å²) < 4.78 is 0. The lowest BCUT2D eigenvalue weighted by Crippen LogP contribution is -2.47. The predicted molar refractivity (Wildman–Crippen MR) is 73.0 cm³/mol. The summed E-state index contributed by atoms with van der Waals surface area (Å²) in [7, 11) is 0. The number of nitrogens with one attached hydrogen (secondary N) is 1. The minimum Gasteiger partial charge on any atom is -0.481 e. The molecular formula is C12H22N2O3S. The fourth-order valence-electron chi connectivity index (χ4n) is 1.86. The lowest BCUT2D eigenvalue weighted by molar-refractivity contribution is -0.137. The van der Waals surface area contributed by atoms with E-state index in [4.69, 9.17) is 5.11 Å². The second kappa shape index (κ2) is 8.24. The van der Waals surface area contributed by atoms with Gasteiger partial charge in [-0.15, -0.1) is 0 Å². The molecule has 0 radical (unpaired) electrons. The van der Waals surface area contributed by atoms with Crippen molar-refractivity contribution < 1.29 is 14.7 Å². The fourth-order valence-corrected chi connectivity index (χ4v) is 3.04. The highest BCUT2D eigenvalue weighted by atomic mass is 32.2. The maximum atomic E-state index is 11.8. The quantitative estimate of drug-likeness (QED) is 0.724. The van der Waals surface area contributed by atoms with Crippen LogP contribution >= 0.6 is 11.8 Å². The second-order valence-electron chi connectivity index (χ2n) is 4.43. The van der Waals surface area contributed by atoms with Crippen LogP contribution in [-0.4, -0.2) is 52.6 Å². The number of thioether (sulfide) groups is 1. The van der Waals surface area contributed by atoms with Gasteiger partial charge in [-0.3, -0.25) is 4.79 Å². The van der Waals surface area contributed by atoms with Crippen LogP contribution in [0.2, 0.25) is 0 Å². The molecule has 5 nitrogen and oxygen atoms in total. The number of hydrogen-bond acceptors (Lipinski definition) is 3. The van der Waals surface area contributed by atoms with E-state index >= 15 is 0 Å². The molecule has 0 aromatic carbocycles. The van der Waals surface area contributed by atoms with Gasteiger partial charge >= 0.3 is 12.0 Å². The zero-order valence-corrected chi connectivity index (χ0v) is 11.7. The van der Waals surface area contributed by atoms with E-state index in [-0.39, 0.29) is 12.5 Å². The standard InChI is InChI=1S/C12H22N2O3S/c1-2-10-9-14(7-8-18-10)12(17)13-6-4-3-5-11(15)16/h10H,2-9H2,1H3,(H,13,17)(H,15,16). The van der Waals surface area contributed by atoms with Gasteiger partial charge in [0.1, 0.15) is 0 Å². The first-order valence-electron chi connectivity index (χ1n) is 6.49. The van der Waals surface area contributed by atoms with Crippen LogP contribution in [0.15, 0.2) is 0 Å². The number of rotatable bonds is 6. The van der Waals surface area contributed by atoms with Crippen LogP contribution < -0.4 is 5.32 Å². The summed E-state index contributed by atoms with van der Waals surface area (Å²) in [4.78, 5) is 24.0. The van der Waals surface area contributed by atoms with Gasteiger partial charge in [-0.25, -0.2) is 4.79 Å². The summed E-state index contributed by atoms with van der Waals surface area (Å²) in [5.41, 5.74) is 0. The number of carbonyl (C=O) groups excluding carboxylic acids is 1. The maximum Gasteiger partial charge on any atom is 0.317 e. The van der Waals surface area contributed by atoms with Crippen LogP contribution in [-0.2, 0) is 4.79 Å². The number of carboxylic acid groups (broad SMARTS) is 1. The molecule has 1 rings (SSSR count). The van der Waals surface area contributed by atoms with Gasteiger partial charge in [0, 0.05) is 37.1 Å². The van der Waals surface area contributed by atoms with Gasteiger partial charge in [0.25, 0.3) is 0 Å². The molecule has 0 aliphatic carbocycles. The predicted octanol–water partition coefficient (Wildman–Crippen LogP) is 1.78. The van der Waals surface area contributed by atoms with E-state index in [1.807, 2.05) is 16.7 Å². The van der Waals surface area contributed by atoms with Gasteiger partial charge in [0.15, 0.2) is 0 Å². The zero-order valence-electron chi connectivity index (χ0n) is 10.9. The smallest absolute Gasteiger partial charge is 0.317 e. The van der Waals surface area contributed by atoms with Gasteiger partial charge < -0.3 is 15.3 Å². The molecule has 1 unspecified atom stereocenters. The van der Waals surface area contributed by atoms with Crippen molar-refractivity contribution in [3.05, 3.63) is 0 Å². The number of urea groups is 1. The third-order valence-corrected chi connectivity index (χ3v) is 4.35. The summed E-state index contributed by atoms with van der Waals surface area (Å²) in [5.74, 6) is 0.227. The van der Waals surface area contributed by atoms with Crippen LogP contribution in [0.5, 0.6) is 0 Å². The number of hydrogen-bond donors (Lipinski definition) is 2. The number of amides is 2. The molecule has 1 heterocycles. The van der Waals surface area contributed by atoms with Gasteiger partial charge in [-0.2, -0.15) is 11.8 Å².